The quantitative estimate of drug-likeness (QED) is 0.861. The van der Waals surface area contributed by atoms with E-state index in [1.54, 1.807) is 27.9 Å². The van der Waals surface area contributed by atoms with E-state index in [4.69, 9.17) is 5.11 Å². The standard InChI is InChI=1S/C19H23FN4O3/c1-12(22-19(27)23-9-7-14(8-10-23)18(25)26)17-11-21-24(13(17)2)16-5-3-15(20)4-6-16/h3-6,11-12,14H,7-10H2,1-2H3,(H,22,27)(H,25,26). The van der Waals surface area contributed by atoms with Crippen molar-refractivity contribution in [3.05, 3.63) is 47.5 Å². The summed E-state index contributed by atoms with van der Waals surface area (Å²) >= 11 is 0. The van der Waals surface area contributed by atoms with Crippen molar-refractivity contribution in [2.45, 2.75) is 32.7 Å². The van der Waals surface area contributed by atoms with Crippen molar-refractivity contribution in [1.29, 1.82) is 0 Å². The number of carboxylic acid groups (broad SMARTS) is 1. The van der Waals surface area contributed by atoms with Crippen molar-refractivity contribution in [2.24, 2.45) is 5.92 Å². The lowest BCUT2D eigenvalue weighted by atomic mass is 9.97. The van der Waals surface area contributed by atoms with E-state index in [0.717, 1.165) is 16.9 Å². The average Bonchev–Trinajstić information content (AvgIpc) is 3.04. The number of halogens is 1. The van der Waals surface area contributed by atoms with Gasteiger partial charge in [-0.3, -0.25) is 4.79 Å². The summed E-state index contributed by atoms with van der Waals surface area (Å²) in [6, 6.07) is 5.58. The number of nitrogens with zero attached hydrogens (tertiary/aromatic N) is 3. The van der Waals surface area contributed by atoms with E-state index in [0.29, 0.717) is 25.9 Å². The Morgan fingerprint density at radius 1 is 1.26 bits per heavy atom. The highest BCUT2D eigenvalue weighted by Crippen LogP contribution is 2.22. The van der Waals surface area contributed by atoms with E-state index in [9.17, 15) is 14.0 Å². The summed E-state index contributed by atoms with van der Waals surface area (Å²) in [4.78, 5) is 25.2. The molecule has 1 aromatic carbocycles. The van der Waals surface area contributed by atoms with Gasteiger partial charge in [-0.15, -0.1) is 0 Å². The molecule has 0 aliphatic carbocycles. The molecule has 0 saturated carbocycles. The van der Waals surface area contributed by atoms with Gasteiger partial charge in [0.25, 0.3) is 0 Å². The van der Waals surface area contributed by atoms with Crippen LogP contribution in [0.3, 0.4) is 0 Å². The first-order valence-electron chi connectivity index (χ1n) is 8.95. The van der Waals surface area contributed by atoms with Crippen molar-refractivity contribution >= 4 is 12.0 Å². The number of hydrogen-bond donors (Lipinski definition) is 2. The highest BCUT2D eigenvalue weighted by Gasteiger charge is 2.28. The number of carbonyl (C=O) groups excluding carboxylic acids is 1. The molecule has 8 heteroatoms. The molecule has 1 unspecified atom stereocenters. The predicted octanol–water partition coefficient (Wildman–Crippen LogP) is 2.89. The van der Waals surface area contributed by atoms with Crippen LogP contribution in [0.15, 0.2) is 30.5 Å². The second-order valence-corrected chi connectivity index (χ2v) is 6.84. The summed E-state index contributed by atoms with van der Waals surface area (Å²) in [6.45, 7) is 4.64. The van der Waals surface area contributed by atoms with Gasteiger partial charge in [-0.05, 0) is 51.0 Å². The Balaban J connectivity index is 1.65. The summed E-state index contributed by atoms with van der Waals surface area (Å²) in [7, 11) is 0. The van der Waals surface area contributed by atoms with Gasteiger partial charge >= 0.3 is 12.0 Å². The Bertz CT molecular complexity index is 826. The average molecular weight is 374 g/mol. The molecule has 0 bridgehead atoms. The fraction of sp³-hybridized carbons (Fsp3) is 0.421. The van der Waals surface area contributed by atoms with Crippen molar-refractivity contribution in [3.8, 4) is 5.69 Å². The monoisotopic (exact) mass is 374 g/mol. The first-order valence-corrected chi connectivity index (χ1v) is 8.95. The molecule has 2 N–H and O–H groups in total. The maximum Gasteiger partial charge on any atom is 0.317 e. The molecule has 1 fully saturated rings. The number of amides is 2. The summed E-state index contributed by atoms with van der Waals surface area (Å²) in [5, 5.41) is 16.4. The number of rotatable bonds is 4. The zero-order valence-corrected chi connectivity index (χ0v) is 15.4. The fourth-order valence-corrected chi connectivity index (χ4v) is 3.37. The maximum absolute atomic E-state index is 13.1. The topological polar surface area (TPSA) is 87.5 Å². The second-order valence-electron chi connectivity index (χ2n) is 6.84. The van der Waals surface area contributed by atoms with Crippen LogP contribution < -0.4 is 5.32 Å². The van der Waals surface area contributed by atoms with Gasteiger partial charge in [-0.25, -0.2) is 13.9 Å². The van der Waals surface area contributed by atoms with Crippen LogP contribution in [-0.2, 0) is 4.79 Å². The molecule has 7 nitrogen and oxygen atoms in total. The number of aromatic nitrogens is 2. The van der Waals surface area contributed by atoms with Crippen LogP contribution in [0.25, 0.3) is 5.69 Å². The Kier molecular flexibility index (Phi) is 5.43. The molecule has 2 aromatic rings. The Morgan fingerprint density at radius 2 is 1.89 bits per heavy atom. The van der Waals surface area contributed by atoms with E-state index in [1.165, 1.54) is 12.1 Å². The number of benzene rings is 1. The van der Waals surface area contributed by atoms with Crippen LogP contribution in [0.1, 0.15) is 37.1 Å². The minimum atomic E-state index is -0.799. The van der Waals surface area contributed by atoms with Crippen LogP contribution in [0.5, 0.6) is 0 Å². The SMILES string of the molecule is Cc1c(C(C)NC(=O)N2CCC(C(=O)O)CC2)cnn1-c1ccc(F)cc1. The lowest BCUT2D eigenvalue weighted by Crippen LogP contribution is -2.46. The smallest absolute Gasteiger partial charge is 0.317 e. The lowest BCUT2D eigenvalue weighted by Gasteiger charge is -2.31. The number of urea groups is 1. The van der Waals surface area contributed by atoms with Crippen molar-refractivity contribution in [1.82, 2.24) is 20.0 Å². The number of piperidine rings is 1. The summed E-state index contributed by atoms with van der Waals surface area (Å²) in [5.74, 6) is -1.48. The van der Waals surface area contributed by atoms with E-state index >= 15 is 0 Å². The molecule has 27 heavy (non-hydrogen) atoms. The third kappa shape index (κ3) is 4.10. The Hall–Kier alpha value is -2.90. The van der Waals surface area contributed by atoms with Gasteiger partial charge in [0.1, 0.15) is 5.82 Å². The van der Waals surface area contributed by atoms with Gasteiger partial charge in [-0.2, -0.15) is 5.10 Å². The summed E-state index contributed by atoms with van der Waals surface area (Å²) < 4.78 is 14.8. The highest BCUT2D eigenvalue weighted by molar-refractivity contribution is 5.75. The molecule has 1 aliphatic heterocycles. The Labute approximate surface area is 156 Å². The van der Waals surface area contributed by atoms with Crippen molar-refractivity contribution in [2.75, 3.05) is 13.1 Å². The van der Waals surface area contributed by atoms with E-state index in [1.807, 2.05) is 13.8 Å². The third-order valence-corrected chi connectivity index (χ3v) is 5.06. The first kappa shape index (κ1) is 18.9. The third-order valence-electron chi connectivity index (χ3n) is 5.06. The largest absolute Gasteiger partial charge is 0.481 e. The van der Waals surface area contributed by atoms with Crippen LogP contribution in [0, 0.1) is 18.7 Å². The van der Waals surface area contributed by atoms with Crippen LogP contribution in [-0.4, -0.2) is 44.9 Å². The minimum Gasteiger partial charge on any atom is -0.481 e. The molecule has 3 rings (SSSR count). The second kappa shape index (κ2) is 7.77. The van der Waals surface area contributed by atoms with Gasteiger partial charge in [0.15, 0.2) is 0 Å². The maximum atomic E-state index is 13.1. The molecule has 0 radical (unpaired) electrons. The molecule has 1 atom stereocenters. The number of likely N-dealkylation sites (tertiary alicyclic amines) is 1. The number of carboxylic acids is 1. The van der Waals surface area contributed by atoms with Crippen molar-refractivity contribution < 1.29 is 19.1 Å². The van der Waals surface area contributed by atoms with Gasteiger partial charge in [0.05, 0.1) is 23.8 Å². The molecule has 1 aromatic heterocycles. The highest BCUT2D eigenvalue weighted by atomic mass is 19.1. The van der Waals surface area contributed by atoms with Crippen LogP contribution in [0.4, 0.5) is 9.18 Å². The molecule has 0 spiro atoms. The number of aliphatic carboxylic acids is 1. The molecule has 2 amide bonds. The Morgan fingerprint density at radius 3 is 2.48 bits per heavy atom. The van der Waals surface area contributed by atoms with E-state index < -0.39 is 5.97 Å². The lowest BCUT2D eigenvalue weighted by molar-refractivity contribution is -0.143. The number of carbonyl (C=O) groups is 2. The van der Waals surface area contributed by atoms with E-state index in [2.05, 4.69) is 10.4 Å². The zero-order chi connectivity index (χ0) is 19.6. The number of hydrogen-bond acceptors (Lipinski definition) is 3. The molecular weight excluding hydrogens is 351 g/mol. The van der Waals surface area contributed by atoms with Crippen molar-refractivity contribution in [3.63, 3.8) is 0 Å². The molecule has 1 saturated heterocycles. The molecular formula is C19H23FN4O3. The van der Waals surface area contributed by atoms with Crippen LogP contribution in [0.2, 0.25) is 0 Å². The minimum absolute atomic E-state index is 0.208. The number of nitrogens with one attached hydrogen (secondary N) is 1. The van der Waals surface area contributed by atoms with Gasteiger partial charge in [0.2, 0.25) is 0 Å². The van der Waals surface area contributed by atoms with Crippen LogP contribution >= 0.6 is 0 Å². The first-order chi connectivity index (χ1) is 12.9. The molecule has 144 valence electrons. The summed E-state index contributed by atoms with van der Waals surface area (Å²) in [5.41, 5.74) is 2.47. The normalized spacial score (nSPS) is 16.2. The molecule has 1 aliphatic rings. The molecule has 2 heterocycles. The van der Waals surface area contributed by atoms with E-state index in [-0.39, 0.29) is 23.8 Å². The van der Waals surface area contributed by atoms with Gasteiger partial charge < -0.3 is 15.3 Å². The van der Waals surface area contributed by atoms with Gasteiger partial charge in [-0.1, -0.05) is 0 Å². The summed E-state index contributed by atoms with van der Waals surface area (Å²) in [6.07, 6.45) is 2.64. The predicted molar refractivity (Wildman–Crippen MR) is 97.1 cm³/mol. The fourth-order valence-electron chi connectivity index (χ4n) is 3.37. The zero-order valence-electron chi connectivity index (χ0n) is 15.4. The van der Waals surface area contributed by atoms with Gasteiger partial charge in [0, 0.05) is 24.3 Å².